The number of methoxy groups -OCH3 is 1. The van der Waals surface area contributed by atoms with Crippen LogP contribution in [0.2, 0.25) is 0 Å². The summed E-state index contributed by atoms with van der Waals surface area (Å²) in [7, 11) is 1.62. The Hall–Kier alpha value is -2.96. The first-order chi connectivity index (χ1) is 12.7. The molecule has 1 aromatic heterocycles. The van der Waals surface area contributed by atoms with Crippen LogP contribution in [0.15, 0.2) is 42.5 Å². The van der Waals surface area contributed by atoms with Crippen LogP contribution < -0.4 is 4.74 Å². The number of ether oxygens (including phenoxy) is 1. The number of benzene rings is 2. The van der Waals surface area contributed by atoms with E-state index in [-0.39, 0.29) is 5.91 Å². The standard InChI is InChI=1S/C19H19FN4O2/c1-26-16-5-3-15(4-6-16)24-18-7-2-13(12-17(18)21-22-24)19(25)23-10-8-14(20)9-11-23/h2-7,12,14H,8-11H2,1H3. The molecule has 1 aliphatic rings. The summed E-state index contributed by atoms with van der Waals surface area (Å²) >= 11 is 0. The summed E-state index contributed by atoms with van der Waals surface area (Å²) in [4.78, 5) is 14.3. The Balaban J connectivity index is 1.61. The van der Waals surface area contributed by atoms with Crippen LogP contribution in [0.25, 0.3) is 16.7 Å². The number of carbonyl (C=O) groups is 1. The van der Waals surface area contributed by atoms with Gasteiger partial charge in [-0.2, -0.15) is 0 Å². The smallest absolute Gasteiger partial charge is 0.253 e. The Kier molecular flexibility index (Phi) is 4.28. The summed E-state index contributed by atoms with van der Waals surface area (Å²) in [6.45, 7) is 0.910. The number of nitrogens with zero attached hydrogens (tertiary/aromatic N) is 4. The number of amides is 1. The first-order valence-corrected chi connectivity index (χ1v) is 8.59. The number of alkyl halides is 1. The van der Waals surface area contributed by atoms with Crippen LogP contribution >= 0.6 is 0 Å². The van der Waals surface area contributed by atoms with Crippen LogP contribution in [-0.4, -0.2) is 52.2 Å². The lowest BCUT2D eigenvalue weighted by molar-refractivity contribution is 0.0667. The lowest BCUT2D eigenvalue weighted by Gasteiger charge is -2.28. The largest absolute Gasteiger partial charge is 0.497 e. The van der Waals surface area contributed by atoms with E-state index >= 15 is 0 Å². The number of carbonyl (C=O) groups excluding carboxylic acids is 1. The van der Waals surface area contributed by atoms with Crippen molar-refractivity contribution in [2.24, 2.45) is 0 Å². The molecule has 0 radical (unpaired) electrons. The van der Waals surface area contributed by atoms with Crippen molar-refractivity contribution in [1.29, 1.82) is 0 Å². The van der Waals surface area contributed by atoms with E-state index in [0.717, 1.165) is 17.0 Å². The van der Waals surface area contributed by atoms with Crippen molar-refractivity contribution in [1.82, 2.24) is 19.9 Å². The SMILES string of the molecule is COc1ccc(-n2nnc3cc(C(=O)N4CCC(F)CC4)ccc32)cc1. The molecule has 0 N–H and O–H groups in total. The molecule has 4 rings (SSSR count). The molecule has 1 fully saturated rings. The van der Waals surface area contributed by atoms with Crippen molar-refractivity contribution in [2.45, 2.75) is 19.0 Å². The Bertz CT molecular complexity index is 930. The van der Waals surface area contributed by atoms with Gasteiger partial charge in [-0.3, -0.25) is 4.79 Å². The first kappa shape index (κ1) is 16.5. The second-order valence-electron chi connectivity index (χ2n) is 6.37. The number of aromatic nitrogens is 3. The van der Waals surface area contributed by atoms with Crippen molar-refractivity contribution in [3.63, 3.8) is 0 Å². The highest BCUT2D eigenvalue weighted by molar-refractivity contribution is 5.97. The van der Waals surface area contributed by atoms with E-state index in [9.17, 15) is 9.18 Å². The van der Waals surface area contributed by atoms with Gasteiger partial charge in [-0.15, -0.1) is 5.10 Å². The predicted molar refractivity (Wildman–Crippen MR) is 95.5 cm³/mol. The number of rotatable bonds is 3. The minimum Gasteiger partial charge on any atom is -0.497 e. The molecule has 0 atom stereocenters. The van der Waals surface area contributed by atoms with Gasteiger partial charge >= 0.3 is 0 Å². The molecule has 1 aliphatic heterocycles. The maximum absolute atomic E-state index is 13.3. The quantitative estimate of drug-likeness (QED) is 0.725. The molecule has 2 heterocycles. The van der Waals surface area contributed by atoms with Gasteiger partial charge in [0.15, 0.2) is 0 Å². The molecule has 134 valence electrons. The van der Waals surface area contributed by atoms with Gasteiger partial charge in [-0.1, -0.05) is 5.21 Å². The monoisotopic (exact) mass is 354 g/mol. The van der Waals surface area contributed by atoms with Gasteiger partial charge in [0.05, 0.1) is 18.3 Å². The molecular weight excluding hydrogens is 335 g/mol. The van der Waals surface area contributed by atoms with Gasteiger partial charge in [0.1, 0.15) is 17.4 Å². The maximum atomic E-state index is 13.3. The molecule has 7 heteroatoms. The summed E-state index contributed by atoms with van der Waals surface area (Å²) in [5.41, 5.74) is 2.87. The van der Waals surface area contributed by atoms with E-state index < -0.39 is 6.17 Å². The molecule has 1 amide bonds. The van der Waals surface area contributed by atoms with Gasteiger partial charge < -0.3 is 9.64 Å². The predicted octanol–water partition coefficient (Wildman–Crippen LogP) is 3.00. The zero-order chi connectivity index (χ0) is 18.1. The number of hydrogen-bond donors (Lipinski definition) is 0. The molecule has 3 aromatic rings. The lowest BCUT2D eigenvalue weighted by atomic mass is 10.1. The summed E-state index contributed by atoms with van der Waals surface area (Å²) in [6, 6.07) is 12.9. The second-order valence-corrected chi connectivity index (χ2v) is 6.37. The summed E-state index contributed by atoms with van der Waals surface area (Å²) in [6.07, 6.45) is 0.00873. The lowest BCUT2D eigenvalue weighted by Crippen LogP contribution is -2.39. The van der Waals surface area contributed by atoms with Gasteiger partial charge in [0.2, 0.25) is 0 Å². The zero-order valence-corrected chi connectivity index (χ0v) is 14.4. The molecule has 26 heavy (non-hydrogen) atoms. The Morgan fingerprint density at radius 1 is 1.15 bits per heavy atom. The number of piperidine rings is 1. The first-order valence-electron chi connectivity index (χ1n) is 8.59. The average Bonchev–Trinajstić information content (AvgIpc) is 3.11. The molecular formula is C19H19FN4O2. The van der Waals surface area contributed by atoms with Crippen molar-refractivity contribution in [3.8, 4) is 11.4 Å². The van der Waals surface area contributed by atoms with Crippen LogP contribution in [0, 0.1) is 0 Å². The highest BCUT2D eigenvalue weighted by Crippen LogP contribution is 2.22. The second kappa shape index (κ2) is 6.74. The molecule has 0 saturated carbocycles. The fourth-order valence-corrected chi connectivity index (χ4v) is 3.20. The van der Waals surface area contributed by atoms with E-state index in [0.29, 0.717) is 37.0 Å². The molecule has 2 aromatic carbocycles. The van der Waals surface area contributed by atoms with Crippen molar-refractivity contribution < 1.29 is 13.9 Å². The summed E-state index contributed by atoms with van der Waals surface area (Å²) < 4.78 is 20.2. The Morgan fingerprint density at radius 2 is 1.88 bits per heavy atom. The van der Waals surface area contributed by atoms with Gasteiger partial charge in [-0.05, 0) is 55.3 Å². The highest BCUT2D eigenvalue weighted by Gasteiger charge is 2.23. The summed E-state index contributed by atoms with van der Waals surface area (Å²) in [5, 5.41) is 8.38. The highest BCUT2D eigenvalue weighted by atomic mass is 19.1. The van der Waals surface area contributed by atoms with Gasteiger partial charge in [-0.25, -0.2) is 9.07 Å². The molecule has 0 unspecified atom stereocenters. The van der Waals surface area contributed by atoms with E-state index in [1.54, 1.807) is 28.8 Å². The Labute approximate surface area is 150 Å². The Morgan fingerprint density at radius 3 is 2.58 bits per heavy atom. The fraction of sp³-hybridized carbons (Fsp3) is 0.316. The van der Waals surface area contributed by atoms with Gasteiger partial charge in [0, 0.05) is 18.7 Å². The fourth-order valence-electron chi connectivity index (χ4n) is 3.20. The number of likely N-dealkylation sites (tertiary alicyclic amines) is 1. The molecule has 6 nitrogen and oxygen atoms in total. The third-order valence-electron chi connectivity index (χ3n) is 4.72. The van der Waals surface area contributed by atoms with Crippen LogP contribution in [0.5, 0.6) is 5.75 Å². The van der Waals surface area contributed by atoms with E-state index in [1.807, 2.05) is 30.3 Å². The van der Waals surface area contributed by atoms with Crippen LogP contribution in [-0.2, 0) is 0 Å². The number of hydrogen-bond acceptors (Lipinski definition) is 4. The maximum Gasteiger partial charge on any atom is 0.253 e. The third kappa shape index (κ3) is 3.00. The third-order valence-corrected chi connectivity index (χ3v) is 4.72. The molecule has 0 bridgehead atoms. The molecule has 0 spiro atoms. The van der Waals surface area contributed by atoms with Crippen LogP contribution in [0.3, 0.4) is 0 Å². The van der Waals surface area contributed by atoms with E-state index in [2.05, 4.69) is 10.3 Å². The molecule has 0 aliphatic carbocycles. The van der Waals surface area contributed by atoms with Crippen LogP contribution in [0.1, 0.15) is 23.2 Å². The average molecular weight is 354 g/mol. The minimum absolute atomic E-state index is 0.0854. The van der Waals surface area contributed by atoms with Crippen molar-refractivity contribution in [2.75, 3.05) is 20.2 Å². The number of fused-ring (bicyclic) bond motifs is 1. The van der Waals surface area contributed by atoms with Gasteiger partial charge in [0.25, 0.3) is 5.91 Å². The van der Waals surface area contributed by atoms with Crippen molar-refractivity contribution >= 4 is 16.9 Å². The normalized spacial score (nSPS) is 15.4. The number of halogens is 1. The summed E-state index contributed by atoms with van der Waals surface area (Å²) in [5.74, 6) is 0.681. The van der Waals surface area contributed by atoms with E-state index in [4.69, 9.17) is 4.74 Å². The topological polar surface area (TPSA) is 60.2 Å². The molecule has 1 saturated heterocycles. The minimum atomic E-state index is -0.800. The van der Waals surface area contributed by atoms with E-state index in [1.165, 1.54) is 0 Å². The van der Waals surface area contributed by atoms with Crippen molar-refractivity contribution in [3.05, 3.63) is 48.0 Å². The van der Waals surface area contributed by atoms with Crippen LogP contribution in [0.4, 0.5) is 4.39 Å². The zero-order valence-electron chi connectivity index (χ0n) is 14.4.